The SMILES string of the molecule is COC(=O)NC(C(=O)NCc1ccc(C(CO)N(Cc2ccnc(OC)c2)S(=O)(=O)c2ccc3scnc3c2)s1)C(c1ccccc1)c1ccccc1. The molecular formula is C38H37N5O7S3. The van der Waals surface area contributed by atoms with Gasteiger partial charge in [-0.05, 0) is 53.1 Å². The number of carbonyl (C=O) groups excluding carboxylic acids is 2. The van der Waals surface area contributed by atoms with Gasteiger partial charge < -0.3 is 25.2 Å². The second-order valence-corrected chi connectivity index (χ2v) is 15.8. The lowest BCUT2D eigenvalue weighted by molar-refractivity contribution is -0.123. The summed E-state index contributed by atoms with van der Waals surface area (Å²) in [7, 11) is -1.48. The summed E-state index contributed by atoms with van der Waals surface area (Å²) >= 11 is 2.67. The number of thiophene rings is 1. The fraction of sp³-hybridized carbons (Fsp3) is 0.211. The van der Waals surface area contributed by atoms with Crippen LogP contribution in [0.5, 0.6) is 5.88 Å². The van der Waals surface area contributed by atoms with Crippen molar-refractivity contribution in [2.45, 2.75) is 36.0 Å². The number of alkyl carbamates (subject to hydrolysis) is 1. The number of pyridine rings is 1. The number of nitrogens with zero attached hydrogens (tertiary/aromatic N) is 3. The molecule has 0 aliphatic carbocycles. The standard InChI is InChI=1S/C38H37N5O7S3/c1-49-34-19-25(17-18-39-34)22-43(53(47,48)29-14-16-32-30(20-29)41-24-51-32)31(23-44)33-15-13-28(52-33)21-40-37(45)36(42-38(46)50-2)35(26-9-5-3-6-10-26)27-11-7-4-8-12-27/h3-20,24,31,35-36,44H,21-23H2,1-2H3,(H,40,45)(H,42,46). The fourth-order valence-electron chi connectivity index (χ4n) is 6.00. The summed E-state index contributed by atoms with van der Waals surface area (Å²) in [5.74, 6) is -0.668. The lowest BCUT2D eigenvalue weighted by atomic mass is 9.84. The minimum atomic E-state index is -4.19. The van der Waals surface area contributed by atoms with Gasteiger partial charge in [0, 0.05) is 34.5 Å². The lowest BCUT2D eigenvalue weighted by Crippen LogP contribution is -2.50. The van der Waals surface area contributed by atoms with Crippen LogP contribution in [0, 0.1) is 0 Å². The molecule has 2 unspecified atom stereocenters. The van der Waals surface area contributed by atoms with E-state index in [1.807, 2.05) is 60.7 Å². The van der Waals surface area contributed by atoms with E-state index in [2.05, 4.69) is 20.6 Å². The Morgan fingerprint density at radius 1 is 0.906 bits per heavy atom. The number of fused-ring (bicyclic) bond motifs is 1. The molecule has 15 heteroatoms. The van der Waals surface area contributed by atoms with Crippen molar-refractivity contribution in [3.8, 4) is 5.88 Å². The molecule has 3 aromatic heterocycles. The molecule has 53 heavy (non-hydrogen) atoms. The van der Waals surface area contributed by atoms with Crippen LogP contribution < -0.4 is 15.4 Å². The van der Waals surface area contributed by atoms with E-state index in [0.717, 1.165) is 15.8 Å². The number of carbonyl (C=O) groups is 2. The Bertz CT molecular complexity index is 2230. The van der Waals surface area contributed by atoms with Crippen LogP contribution in [0.4, 0.5) is 4.79 Å². The zero-order chi connectivity index (χ0) is 37.4. The molecule has 3 aromatic carbocycles. The third kappa shape index (κ3) is 8.72. The molecule has 0 radical (unpaired) electrons. The smallest absolute Gasteiger partial charge is 0.407 e. The Kier molecular flexibility index (Phi) is 12.1. The van der Waals surface area contributed by atoms with Gasteiger partial charge >= 0.3 is 6.09 Å². The number of ether oxygens (including phenoxy) is 2. The molecule has 3 N–H and O–H groups in total. The minimum absolute atomic E-state index is 0.0370. The van der Waals surface area contributed by atoms with E-state index in [-0.39, 0.29) is 18.0 Å². The first-order chi connectivity index (χ1) is 25.7. The molecule has 6 aromatic rings. The van der Waals surface area contributed by atoms with Crippen molar-refractivity contribution in [1.29, 1.82) is 0 Å². The number of amides is 2. The number of benzene rings is 3. The lowest BCUT2D eigenvalue weighted by Gasteiger charge is -2.29. The van der Waals surface area contributed by atoms with Crippen molar-refractivity contribution < 1.29 is 32.6 Å². The Labute approximate surface area is 315 Å². The molecule has 0 aliphatic heterocycles. The van der Waals surface area contributed by atoms with Gasteiger partial charge in [-0.15, -0.1) is 22.7 Å². The van der Waals surface area contributed by atoms with Crippen LogP contribution in [0.2, 0.25) is 0 Å². The average Bonchev–Trinajstić information content (AvgIpc) is 3.87. The molecule has 6 rings (SSSR count). The number of rotatable bonds is 15. The Morgan fingerprint density at radius 2 is 1.62 bits per heavy atom. The largest absolute Gasteiger partial charge is 0.481 e. The van der Waals surface area contributed by atoms with Gasteiger partial charge in [-0.25, -0.2) is 23.2 Å². The Balaban J connectivity index is 1.28. The van der Waals surface area contributed by atoms with Gasteiger partial charge in [0.05, 0.1) is 54.0 Å². The summed E-state index contributed by atoms with van der Waals surface area (Å²) in [5, 5.41) is 16.5. The molecule has 12 nitrogen and oxygen atoms in total. The maximum atomic E-state index is 14.4. The third-order valence-electron chi connectivity index (χ3n) is 8.62. The van der Waals surface area contributed by atoms with E-state index in [4.69, 9.17) is 9.47 Å². The van der Waals surface area contributed by atoms with Crippen molar-refractivity contribution in [2.75, 3.05) is 20.8 Å². The van der Waals surface area contributed by atoms with Crippen LogP contribution in [0.3, 0.4) is 0 Å². The molecule has 0 saturated carbocycles. The maximum absolute atomic E-state index is 14.4. The van der Waals surface area contributed by atoms with Gasteiger partial charge in [-0.1, -0.05) is 60.7 Å². The third-order valence-corrected chi connectivity index (χ3v) is 12.5. The highest BCUT2D eigenvalue weighted by Crippen LogP contribution is 2.35. The zero-order valence-corrected chi connectivity index (χ0v) is 31.2. The van der Waals surface area contributed by atoms with Crippen molar-refractivity contribution >= 4 is 54.9 Å². The molecule has 274 valence electrons. The van der Waals surface area contributed by atoms with Gasteiger partial charge in [0.1, 0.15) is 6.04 Å². The summed E-state index contributed by atoms with van der Waals surface area (Å²) < 4.78 is 41.0. The molecule has 0 aliphatic rings. The minimum Gasteiger partial charge on any atom is -0.481 e. The van der Waals surface area contributed by atoms with Gasteiger partial charge in [0.25, 0.3) is 0 Å². The van der Waals surface area contributed by atoms with Crippen molar-refractivity contribution in [3.05, 3.63) is 141 Å². The number of nitrogens with one attached hydrogen (secondary N) is 2. The average molecular weight is 772 g/mol. The number of aliphatic hydroxyl groups excluding tert-OH is 1. The van der Waals surface area contributed by atoms with E-state index in [1.165, 1.54) is 59.5 Å². The first kappa shape index (κ1) is 37.6. The van der Waals surface area contributed by atoms with Gasteiger partial charge in [-0.2, -0.15) is 4.31 Å². The first-order valence-electron chi connectivity index (χ1n) is 16.5. The summed E-state index contributed by atoms with van der Waals surface area (Å²) in [5.41, 5.74) is 4.45. The normalized spacial score (nSPS) is 12.8. The fourth-order valence-corrected chi connectivity index (χ4v) is 9.38. The first-order valence-corrected chi connectivity index (χ1v) is 19.6. The highest BCUT2D eigenvalue weighted by molar-refractivity contribution is 7.89. The molecule has 0 bridgehead atoms. The van der Waals surface area contributed by atoms with E-state index in [1.54, 1.807) is 35.8 Å². The van der Waals surface area contributed by atoms with E-state index < -0.39 is 46.6 Å². The second-order valence-electron chi connectivity index (χ2n) is 11.9. The number of aromatic nitrogens is 2. The van der Waals surface area contributed by atoms with Crippen molar-refractivity contribution in [3.63, 3.8) is 0 Å². The number of thiazole rings is 1. The number of aliphatic hydroxyl groups is 1. The molecule has 2 atom stereocenters. The van der Waals surface area contributed by atoms with Crippen molar-refractivity contribution in [1.82, 2.24) is 24.9 Å². The Hall–Kier alpha value is -5.19. The van der Waals surface area contributed by atoms with Crippen LogP contribution in [0.1, 0.15) is 38.4 Å². The molecule has 2 amide bonds. The zero-order valence-electron chi connectivity index (χ0n) is 28.8. The van der Waals surface area contributed by atoms with E-state index in [9.17, 15) is 23.1 Å². The molecular weight excluding hydrogens is 735 g/mol. The van der Waals surface area contributed by atoms with Crippen LogP contribution in [-0.2, 0) is 32.6 Å². The summed E-state index contributed by atoms with van der Waals surface area (Å²) in [6, 6.07) is 28.5. The van der Waals surface area contributed by atoms with Crippen LogP contribution in [0.15, 0.2) is 120 Å². The molecule has 0 saturated heterocycles. The predicted molar refractivity (Wildman–Crippen MR) is 203 cm³/mol. The topological polar surface area (TPSA) is 160 Å². The number of hydrogen-bond donors (Lipinski definition) is 3. The Morgan fingerprint density at radius 3 is 2.28 bits per heavy atom. The quantitative estimate of drug-likeness (QED) is 0.116. The van der Waals surface area contributed by atoms with Gasteiger partial charge in [0.15, 0.2) is 0 Å². The van der Waals surface area contributed by atoms with Gasteiger partial charge in [-0.3, -0.25) is 4.79 Å². The highest BCUT2D eigenvalue weighted by Gasteiger charge is 2.35. The number of sulfonamides is 1. The molecule has 0 fully saturated rings. The monoisotopic (exact) mass is 771 g/mol. The molecule has 0 spiro atoms. The second kappa shape index (κ2) is 17.1. The summed E-state index contributed by atoms with van der Waals surface area (Å²) in [6.07, 6.45) is 0.774. The maximum Gasteiger partial charge on any atom is 0.407 e. The van der Waals surface area contributed by atoms with Crippen LogP contribution in [0.25, 0.3) is 10.2 Å². The predicted octanol–water partition coefficient (Wildman–Crippen LogP) is 5.86. The van der Waals surface area contributed by atoms with Crippen molar-refractivity contribution in [2.24, 2.45) is 0 Å². The summed E-state index contributed by atoms with van der Waals surface area (Å²) in [4.78, 5) is 36.2. The highest BCUT2D eigenvalue weighted by atomic mass is 32.2. The van der Waals surface area contributed by atoms with Crippen LogP contribution >= 0.6 is 22.7 Å². The molecule has 3 heterocycles. The number of hydrogen-bond acceptors (Lipinski definition) is 11. The number of methoxy groups -OCH3 is 2. The summed E-state index contributed by atoms with van der Waals surface area (Å²) in [6.45, 7) is -0.535. The van der Waals surface area contributed by atoms with Crippen LogP contribution in [-0.4, -0.2) is 66.7 Å². The van der Waals surface area contributed by atoms with E-state index >= 15 is 0 Å². The van der Waals surface area contributed by atoms with Gasteiger partial charge in [0.2, 0.25) is 21.8 Å². The van der Waals surface area contributed by atoms with E-state index in [0.29, 0.717) is 26.7 Å².